The summed E-state index contributed by atoms with van der Waals surface area (Å²) in [6.07, 6.45) is 6.59. The van der Waals surface area contributed by atoms with Gasteiger partial charge in [0.1, 0.15) is 23.1 Å². The molecule has 2 aromatic heterocycles. The molecule has 1 fully saturated rings. The summed E-state index contributed by atoms with van der Waals surface area (Å²) < 4.78 is 62.9. The smallest absolute Gasteiger partial charge is 0.306 e. The molecule has 2 aliphatic rings. The minimum atomic E-state index is -1.10. The number of hydrogen-bond donors (Lipinski definition) is 2. The number of hydrogen-bond acceptors (Lipinski definition) is 6. The van der Waals surface area contributed by atoms with Crippen LogP contribution in [0.2, 0.25) is 0 Å². The summed E-state index contributed by atoms with van der Waals surface area (Å²) in [4.78, 5) is 23.1. The third-order valence-electron chi connectivity index (χ3n) is 8.64. The Labute approximate surface area is 267 Å². The zero-order chi connectivity index (χ0) is 32.0. The van der Waals surface area contributed by atoms with Crippen LogP contribution in [0.3, 0.4) is 0 Å². The summed E-state index contributed by atoms with van der Waals surface area (Å²) >= 11 is 1.46. The summed E-state index contributed by atoms with van der Waals surface area (Å²) in [5.74, 6) is -2.01. The topological polar surface area (TPSA) is 89.2 Å². The van der Waals surface area contributed by atoms with E-state index >= 15 is 8.78 Å². The van der Waals surface area contributed by atoms with E-state index in [4.69, 9.17) is 14.2 Å². The number of ether oxygens (including phenoxy) is 3. The van der Waals surface area contributed by atoms with Crippen molar-refractivity contribution < 1.29 is 32.2 Å². The monoisotopic (exact) mass is 647 g/mol. The SMILES string of the molecule is CCOC(=O)CCc1cccc2c1OCC[C@@]2(C)c1cnc(-c2cc(Oc3c(F)c(F)c4[nH]ccc4c3SC3CC3)ccc2F)[nH]1. The van der Waals surface area contributed by atoms with Gasteiger partial charge >= 0.3 is 5.97 Å². The minimum Gasteiger partial charge on any atom is -0.493 e. The normalized spacial score (nSPS) is 17.5. The number of carbonyl (C=O) groups excluding carboxylic acids is 1. The van der Waals surface area contributed by atoms with Crippen LogP contribution in [0.5, 0.6) is 17.2 Å². The molecular formula is C35H32F3N3O4S. The van der Waals surface area contributed by atoms with Crippen molar-refractivity contribution in [2.45, 2.75) is 61.5 Å². The lowest BCUT2D eigenvalue weighted by Crippen LogP contribution is -2.32. The van der Waals surface area contributed by atoms with E-state index in [2.05, 4.69) is 21.9 Å². The van der Waals surface area contributed by atoms with E-state index in [1.807, 2.05) is 18.2 Å². The molecule has 3 aromatic carbocycles. The van der Waals surface area contributed by atoms with Gasteiger partial charge in [-0.2, -0.15) is 4.39 Å². The van der Waals surface area contributed by atoms with Gasteiger partial charge in [0.15, 0.2) is 11.6 Å². The molecule has 0 bridgehead atoms. The molecule has 0 unspecified atom stereocenters. The van der Waals surface area contributed by atoms with Crippen LogP contribution in [0, 0.1) is 17.5 Å². The van der Waals surface area contributed by atoms with Crippen molar-refractivity contribution in [3.8, 4) is 28.6 Å². The lowest BCUT2D eigenvalue weighted by atomic mass is 9.74. The molecule has 1 aliphatic heterocycles. The van der Waals surface area contributed by atoms with E-state index in [0.29, 0.717) is 41.6 Å². The van der Waals surface area contributed by atoms with Gasteiger partial charge in [-0.25, -0.2) is 13.8 Å². The van der Waals surface area contributed by atoms with Crippen LogP contribution in [0.1, 0.15) is 56.4 Å². The number of carbonyl (C=O) groups is 1. The summed E-state index contributed by atoms with van der Waals surface area (Å²) in [6.45, 7) is 4.63. The van der Waals surface area contributed by atoms with Crippen LogP contribution < -0.4 is 9.47 Å². The van der Waals surface area contributed by atoms with Crippen LogP contribution in [0.15, 0.2) is 59.8 Å². The van der Waals surface area contributed by atoms with Gasteiger partial charge in [0.2, 0.25) is 5.82 Å². The van der Waals surface area contributed by atoms with Crippen molar-refractivity contribution in [2.24, 2.45) is 0 Å². The van der Waals surface area contributed by atoms with E-state index in [1.54, 1.807) is 25.4 Å². The molecule has 0 radical (unpaired) electrons. The lowest BCUT2D eigenvalue weighted by Gasteiger charge is -2.36. The molecule has 46 heavy (non-hydrogen) atoms. The van der Waals surface area contributed by atoms with Gasteiger partial charge in [-0.05, 0) is 69.4 Å². The maximum atomic E-state index is 15.4. The van der Waals surface area contributed by atoms with E-state index in [9.17, 15) is 9.18 Å². The second-order valence-electron chi connectivity index (χ2n) is 11.8. The Balaban J connectivity index is 1.20. The first-order valence-electron chi connectivity index (χ1n) is 15.4. The molecule has 7 rings (SSSR count). The van der Waals surface area contributed by atoms with Crippen molar-refractivity contribution in [3.05, 3.63) is 89.1 Å². The number of fused-ring (bicyclic) bond motifs is 2. The first-order chi connectivity index (χ1) is 22.3. The number of thioether (sulfide) groups is 1. The molecule has 7 nitrogen and oxygen atoms in total. The zero-order valence-corrected chi connectivity index (χ0v) is 26.2. The maximum Gasteiger partial charge on any atom is 0.306 e. The quantitative estimate of drug-likeness (QED) is 0.148. The van der Waals surface area contributed by atoms with Crippen LogP contribution in [-0.2, 0) is 21.4 Å². The highest BCUT2D eigenvalue weighted by Gasteiger charge is 2.38. The second-order valence-corrected chi connectivity index (χ2v) is 13.1. The van der Waals surface area contributed by atoms with Crippen LogP contribution in [-0.4, -0.2) is 39.4 Å². The van der Waals surface area contributed by atoms with Crippen molar-refractivity contribution in [3.63, 3.8) is 0 Å². The van der Waals surface area contributed by atoms with Gasteiger partial charge in [0.05, 0.1) is 29.2 Å². The van der Waals surface area contributed by atoms with E-state index < -0.39 is 22.9 Å². The van der Waals surface area contributed by atoms with Crippen molar-refractivity contribution >= 4 is 28.6 Å². The molecule has 3 heterocycles. The fourth-order valence-electron chi connectivity index (χ4n) is 5.97. The molecule has 1 atom stereocenters. The van der Waals surface area contributed by atoms with Crippen molar-refractivity contribution in [2.75, 3.05) is 13.2 Å². The number of nitrogens with zero attached hydrogens (tertiary/aromatic N) is 1. The fraction of sp³-hybridized carbons (Fsp3) is 0.314. The third-order valence-corrected chi connectivity index (χ3v) is 10.1. The van der Waals surface area contributed by atoms with Gasteiger partial charge in [-0.3, -0.25) is 4.79 Å². The summed E-state index contributed by atoms with van der Waals surface area (Å²) in [5.41, 5.74) is 2.28. The number of nitrogens with one attached hydrogen (secondary N) is 2. The lowest BCUT2D eigenvalue weighted by molar-refractivity contribution is -0.143. The highest BCUT2D eigenvalue weighted by molar-refractivity contribution is 8.00. The average Bonchev–Trinajstić information content (AvgIpc) is 3.50. The largest absolute Gasteiger partial charge is 0.493 e. The molecular weight excluding hydrogens is 615 g/mol. The Morgan fingerprint density at radius 3 is 2.80 bits per heavy atom. The first kappa shape index (κ1) is 30.3. The van der Waals surface area contributed by atoms with Crippen LogP contribution in [0.25, 0.3) is 22.3 Å². The second kappa shape index (κ2) is 12.1. The number of aryl methyl sites for hydroxylation is 1. The predicted molar refractivity (Wildman–Crippen MR) is 169 cm³/mol. The number of rotatable bonds is 10. The molecule has 0 spiro atoms. The number of aromatic nitrogens is 3. The Morgan fingerprint density at radius 2 is 2.00 bits per heavy atom. The molecule has 0 amide bonds. The van der Waals surface area contributed by atoms with Gasteiger partial charge in [-0.15, -0.1) is 11.8 Å². The number of halogens is 3. The molecule has 5 aromatic rings. The molecule has 1 aliphatic carbocycles. The zero-order valence-electron chi connectivity index (χ0n) is 25.3. The van der Waals surface area contributed by atoms with Crippen molar-refractivity contribution in [1.82, 2.24) is 15.0 Å². The number of imidazole rings is 1. The standard InChI is InChI=1S/C35H32F3N3O4S/c1-3-43-27(42)12-7-19-5-4-6-24-31(19)44-16-14-35(24,2)26-18-40-34(41-26)23-17-20(8-11-25(23)36)45-32-29(38)28(37)30-22(13-15-39-30)33(32)46-21-9-10-21/h4-6,8,11,13,15,17-18,21,39H,3,7,9-10,12,14,16H2,1-2H3,(H,40,41)/t35-/m1/s1. The Hall–Kier alpha value is -4.38. The van der Waals surface area contributed by atoms with Gasteiger partial charge in [0.25, 0.3) is 0 Å². The van der Waals surface area contributed by atoms with E-state index in [-0.39, 0.29) is 40.8 Å². The fourth-order valence-corrected chi connectivity index (χ4v) is 7.21. The number of H-pyrrole nitrogens is 2. The molecule has 0 saturated heterocycles. The Kier molecular flexibility index (Phi) is 7.96. The predicted octanol–water partition coefficient (Wildman–Crippen LogP) is 8.61. The van der Waals surface area contributed by atoms with E-state index in [1.165, 1.54) is 30.0 Å². The maximum absolute atomic E-state index is 15.4. The number of para-hydroxylation sites is 1. The van der Waals surface area contributed by atoms with E-state index in [0.717, 1.165) is 35.4 Å². The Morgan fingerprint density at radius 1 is 1.15 bits per heavy atom. The number of benzene rings is 3. The van der Waals surface area contributed by atoms with Gasteiger partial charge < -0.3 is 24.2 Å². The van der Waals surface area contributed by atoms with Crippen LogP contribution >= 0.6 is 11.8 Å². The van der Waals surface area contributed by atoms with Crippen molar-refractivity contribution in [1.29, 1.82) is 0 Å². The summed E-state index contributed by atoms with van der Waals surface area (Å²) in [6, 6.07) is 11.6. The average molecular weight is 648 g/mol. The molecule has 1 saturated carbocycles. The number of aromatic amines is 2. The van der Waals surface area contributed by atoms with Gasteiger partial charge in [-0.1, -0.05) is 18.2 Å². The van der Waals surface area contributed by atoms with Crippen LogP contribution in [0.4, 0.5) is 13.2 Å². The molecule has 238 valence electrons. The molecule has 11 heteroatoms. The highest BCUT2D eigenvalue weighted by atomic mass is 32.2. The highest BCUT2D eigenvalue weighted by Crippen LogP contribution is 2.49. The third kappa shape index (κ3) is 5.50. The summed E-state index contributed by atoms with van der Waals surface area (Å²) in [7, 11) is 0. The minimum absolute atomic E-state index is 0.0882. The first-order valence-corrected chi connectivity index (χ1v) is 16.2. The number of esters is 1. The Bertz CT molecular complexity index is 1950. The molecule has 2 N–H and O–H groups in total. The summed E-state index contributed by atoms with van der Waals surface area (Å²) in [5, 5.41) is 0.846. The van der Waals surface area contributed by atoms with Gasteiger partial charge in [0, 0.05) is 46.1 Å².